The molecule has 0 amide bonds. The van der Waals surface area contributed by atoms with Crippen molar-refractivity contribution in [1.82, 2.24) is 19.4 Å². The second-order valence-electron chi connectivity index (χ2n) is 6.34. The van der Waals surface area contributed by atoms with Crippen LogP contribution in [-0.4, -0.2) is 25.4 Å². The van der Waals surface area contributed by atoms with Crippen molar-refractivity contribution >= 4 is 11.6 Å². The van der Waals surface area contributed by atoms with Gasteiger partial charge in [0.15, 0.2) is 0 Å². The molecule has 3 aromatic rings. The normalized spacial score (nSPS) is 15.4. The van der Waals surface area contributed by atoms with Gasteiger partial charge in [-0.25, -0.2) is 9.97 Å². The van der Waals surface area contributed by atoms with Crippen molar-refractivity contribution in [2.45, 2.75) is 45.6 Å². The fourth-order valence-electron chi connectivity index (χ4n) is 3.48. The summed E-state index contributed by atoms with van der Waals surface area (Å²) in [5.74, 6) is 1.82. The summed E-state index contributed by atoms with van der Waals surface area (Å²) in [6, 6.07) is 6.63. The third kappa shape index (κ3) is 2.56. The van der Waals surface area contributed by atoms with Crippen LogP contribution in [-0.2, 0) is 0 Å². The molecular weight excluding hydrogens is 286 g/mol. The van der Waals surface area contributed by atoms with Gasteiger partial charge in [-0.15, -0.1) is 0 Å². The van der Waals surface area contributed by atoms with Crippen molar-refractivity contribution in [1.29, 1.82) is 0 Å². The third-order valence-corrected chi connectivity index (χ3v) is 4.56. The van der Waals surface area contributed by atoms with Crippen molar-refractivity contribution in [3.05, 3.63) is 42.0 Å². The Morgan fingerprint density at radius 1 is 1.09 bits per heavy atom. The fraction of sp³-hybridized carbons (Fsp3) is 0.389. The molecule has 5 heteroatoms. The first-order chi connectivity index (χ1) is 11.2. The molecule has 1 fully saturated rings. The van der Waals surface area contributed by atoms with E-state index in [0.29, 0.717) is 6.04 Å². The van der Waals surface area contributed by atoms with Crippen molar-refractivity contribution in [2.75, 3.05) is 5.32 Å². The minimum absolute atomic E-state index is 0.524. The second-order valence-corrected chi connectivity index (χ2v) is 6.34. The molecule has 23 heavy (non-hydrogen) atoms. The zero-order chi connectivity index (χ0) is 15.8. The maximum absolute atomic E-state index is 4.81. The summed E-state index contributed by atoms with van der Waals surface area (Å²) in [7, 11) is 0. The van der Waals surface area contributed by atoms with Gasteiger partial charge in [-0.05, 0) is 44.9 Å². The van der Waals surface area contributed by atoms with E-state index < -0.39 is 0 Å². The number of anilines is 1. The number of fused-ring (bicyclic) bond motifs is 1. The molecule has 0 atom stereocenters. The van der Waals surface area contributed by atoms with Crippen molar-refractivity contribution in [2.24, 2.45) is 0 Å². The standard InChI is InChI=1S/C18H21N5/c1-12-11-13(2)23-17(21-15-5-3-4-6-15)16(22-18(23)20-12)14-7-9-19-10-8-14/h7-11,15,21H,3-6H2,1-2H3. The van der Waals surface area contributed by atoms with Crippen molar-refractivity contribution in [3.63, 3.8) is 0 Å². The Balaban J connectivity index is 1.91. The summed E-state index contributed by atoms with van der Waals surface area (Å²) < 4.78 is 2.14. The van der Waals surface area contributed by atoms with Gasteiger partial charge in [0, 0.05) is 35.4 Å². The molecule has 0 radical (unpaired) electrons. The number of hydrogen-bond acceptors (Lipinski definition) is 4. The third-order valence-electron chi connectivity index (χ3n) is 4.56. The Kier molecular flexibility index (Phi) is 3.48. The Bertz CT molecular complexity index is 831. The molecule has 3 aromatic heterocycles. The van der Waals surface area contributed by atoms with Crippen LogP contribution in [0, 0.1) is 13.8 Å². The van der Waals surface area contributed by atoms with Gasteiger partial charge in [0.1, 0.15) is 11.5 Å². The number of aryl methyl sites for hydroxylation is 2. The lowest BCUT2D eigenvalue weighted by molar-refractivity contribution is 0.747. The summed E-state index contributed by atoms with van der Waals surface area (Å²) in [5.41, 5.74) is 4.18. The molecule has 5 nitrogen and oxygen atoms in total. The second kappa shape index (κ2) is 5.65. The number of pyridine rings is 1. The Hall–Kier alpha value is -2.43. The van der Waals surface area contributed by atoms with Gasteiger partial charge >= 0.3 is 0 Å². The van der Waals surface area contributed by atoms with E-state index in [4.69, 9.17) is 4.98 Å². The van der Waals surface area contributed by atoms with E-state index in [9.17, 15) is 0 Å². The van der Waals surface area contributed by atoms with Crippen LogP contribution in [0.5, 0.6) is 0 Å². The molecule has 1 saturated carbocycles. The minimum Gasteiger partial charge on any atom is -0.367 e. The maximum Gasteiger partial charge on any atom is 0.236 e. The summed E-state index contributed by atoms with van der Waals surface area (Å²) in [6.45, 7) is 4.12. The highest BCUT2D eigenvalue weighted by molar-refractivity contribution is 5.76. The lowest BCUT2D eigenvalue weighted by Gasteiger charge is -2.15. The molecule has 1 aliphatic carbocycles. The Morgan fingerprint density at radius 3 is 2.57 bits per heavy atom. The zero-order valence-electron chi connectivity index (χ0n) is 13.6. The molecule has 0 bridgehead atoms. The van der Waals surface area contributed by atoms with Crippen LogP contribution in [0.4, 0.5) is 5.82 Å². The minimum atomic E-state index is 0.524. The van der Waals surface area contributed by atoms with Crippen molar-refractivity contribution < 1.29 is 0 Å². The summed E-state index contributed by atoms with van der Waals surface area (Å²) >= 11 is 0. The van der Waals surface area contributed by atoms with E-state index in [1.165, 1.54) is 25.7 Å². The quantitative estimate of drug-likeness (QED) is 0.800. The molecule has 0 unspecified atom stereocenters. The number of aromatic nitrogens is 4. The largest absolute Gasteiger partial charge is 0.367 e. The van der Waals surface area contributed by atoms with E-state index in [1.54, 1.807) is 0 Å². The van der Waals surface area contributed by atoms with Gasteiger partial charge in [-0.2, -0.15) is 0 Å². The summed E-state index contributed by atoms with van der Waals surface area (Å²) in [4.78, 5) is 13.5. The van der Waals surface area contributed by atoms with Crippen LogP contribution >= 0.6 is 0 Å². The molecule has 118 valence electrons. The monoisotopic (exact) mass is 307 g/mol. The number of nitrogens with zero attached hydrogens (tertiary/aromatic N) is 4. The highest BCUT2D eigenvalue weighted by Gasteiger charge is 2.21. The number of nitrogens with one attached hydrogen (secondary N) is 1. The zero-order valence-corrected chi connectivity index (χ0v) is 13.6. The van der Waals surface area contributed by atoms with Gasteiger partial charge in [-0.3, -0.25) is 9.38 Å². The van der Waals surface area contributed by atoms with Gasteiger partial charge in [0.25, 0.3) is 0 Å². The van der Waals surface area contributed by atoms with Crippen LogP contribution in [0.3, 0.4) is 0 Å². The van der Waals surface area contributed by atoms with E-state index in [1.807, 2.05) is 31.5 Å². The molecule has 4 rings (SSSR count). The average molecular weight is 307 g/mol. The first-order valence-corrected chi connectivity index (χ1v) is 8.26. The Morgan fingerprint density at radius 2 is 1.83 bits per heavy atom. The summed E-state index contributed by atoms with van der Waals surface area (Å²) in [6.07, 6.45) is 8.67. The molecule has 0 saturated heterocycles. The first kappa shape index (κ1) is 14.2. The van der Waals surface area contributed by atoms with Gasteiger partial charge in [-0.1, -0.05) is 12.8 Å². The van der Waals surface area contributed by atoms with Crippen LogP contribution < -0.4 is 5.32 Å². The van der Waals surface area contributed by atoms with Crippen LogP contribution in [0.2, 0.25) is 0 Å². The van der Waals surface area contributed by atoms with Gasteiger partial charge in [0.2, 0.25) is 5.78 Å². The smallest absolute Gasteiger partial charge is 0.236 e. The Labute approximate surface area is 135 Å². The van der Waals surface area contributed by atoms with Crippen LogP contribution in [0.25, 0.3) is 17.0 Å². The molecular formula is C18H21N5. The van der Waals surface area contributed by atoms with E-state index in [0.717, 1.165) is 34.2 Å². The number of hydrogen-bond donors (Lipinski definition) is 1. The van der Waals surface area contributed by atoms with E-state index >= 15 is 0 Å². The predicted octanol–water partition coefficient (Wildman–Crippen LogP) is 3.76. The van der Waals surface area contributed by atoms with Crippen LogP contribution in [0.1, 0.15) is 37.1 Å². The highest BCUT2D eigenvalue weighted by Crippen LogP contribution is 2.32. The van der Waals surface area contributed by atoms with Gasteiger partial charge in [0.05, 0.1) is 0 Å². The van der Waals surface area contributed by atoms with Crippen LogP contribution in [0.15, 0.2) is 30.6 Å². The molecule has 1 N–H and O–H groups in total. The number of rotatable bonds is 3. The first-order valence-electron chi connectivity index (χ1n) is 8.26. The lowest BCUT2D eigenvalue weighted by Crippen LogP contribution is -2.17. The lowest BCUT2D eigenvalue weighted by atomic mass is 10.2. The highest BCUT2D eigenvalue weighted by atomic mass is 15.2. The average Bonchev–Trinajstić information content (AvgIpc) is 3.16. The SMILES string of the molecule is Cc1cc(C)n2c(NC3CCCC3)c(-c3ccncc3)nc2n1. The molecule has 0 aliphatic heterocycles. The fourth-order valence-corrected chi connectivity index (χ4v) is 3.48. The number of imidazole rings is 1. The molecule has 0 spiro atoms. The molecule has 0 aromatic carbocycles. The predicted molar refractivity (Wildman–Crippen MR) is 91.6 cm³/mol. The molecule has 1 aliphatic rings. The molecule has 3 heterocycles. The maximum atomic E-state index is 4.81. The van der Waals surface area contributed by atoms with Gasteiger partial charge < -0.3 is 5.32 Å². The van der Waals surface area contributed by atoms with E-state index in [-0.39, 0.29) is 0 Å². The topological polar surface area (TPSA) is 55.1 Å². The van der Waals surface area contributed by atoms with E-state index in [2.05, 4.69) is 32.7 Å². The summed E-state index contributed by atoms with van der Waals surface area (Å²) in [5, 5.41) is 3.73. The van der Waals surface area contributed by atoms with Crippen molar-refractivity contribution in [3.8, 4) is 11.3 Å².